The Bertz CT molecular complexity index is 906. The van der Waals surface area contributed by atoms with Crippen molar-refractivity contribution in [3.63, 3.8) is 0 Å². The van der Waals surface area contributed by atoms with Crippen molar-refractivity contribution in [2.24, 2.45) is 0 Å². The van der Waals surface area contributed by atoms with Gasteiger partial charge < -0.3 is 15.0 Å². The van der Waals surface area contributed by atoms with Crippen LogP contribution in [-0.4, -0.2) is 51.3 Å². The Morgan fingerprint density at radius 1 is 1.15 bits per heavy atom. The van der Waals surface area contributed by atoms with Crippen molar-refractivity contribution in [2.45, 2.75) is 25.9 Å². The number of pyridine rings is 2. The van der Waals surface area contributed by atoms with E-state index in [2.05, 4.69) is 37.4 Å². The Hall–Kier alpha value is -2.58. The van der Waals surface area contributed by atoms with E-state index in [4.69, 9.17) is 4.74 Å². The van der Waals surface area contributed by atoms with Gasteiger partial charge >= 0.3 is 0 Å². The summed E-state index contributed by atoms with van der Waals surface area (Å²) in [5, 5.41) is 13.1. The average Bonchev–Trinajstić information content (AvgIpc) is 3.14. The van der Waals surface area contributed by atoms with Gasteiger partial charge in [-0.05, 0) is 44.5 Å². The molecular weight excluding hydrogens is 360 g/mol. The second kappa shape index (κ2) is 7.98. The van der Waals surface area contributed by atoms with Crippen LogP contribution in [0.15, 0.2) is 36.7 Å². The highest BCUT2D eigenvalue weighted by Gasteiger charge is 2.18. The molecule has 0 radical (unpaired) electrons. The maximum Gasteiger partial charge on any atom is 0.211 e. The minimum absolute atomic E-state index is 0.259. The first kappa shape index (κ1) is 17.8. The number of nitrogens with zero attached hydrogens (tertiary/aromatic N) is 5. The lowest BCUT2D eigenvalue weighted by Gasteiger charge is -2.29. The number of ether oxygens (including phenoxy) is 1. The van der Waals surface area contributed by atoms with Gasteiger partial charge in [-0.1, -0.05) is 17.4 Å². The Morgan fingerprint density at radius 2 is 2.00 bits per heavy atom. The van der Waals surface area contributed by atoms with E-state index in [1.165, 1.54) is 11.3 Å². The molecule has 3 aromatic rings. The van der Waals surface area contributed by atoms with Crippen LogP contribution in [0.2, 0.25) is 0 Å². The number of aromatic nitrogens is 4. The lowest BCUT2D eigenvalue weighted by molar-refractivity contribution is 0.114. The van der Waals surface area contributed by atoms with Gasteiger partial charge in [0.2, 0.25) is 5.13 Å². The third kappa shape index (κ3) is 4.40. The first-order chi connectivity index (χ1) is 13.2. The van der Waals surface area contributed by atoms with Crippen LogP contribution in [0.3, 0.4) is 0 Å². The summed E-state index contributed by atoms with van der Waals surface area (Å²) in [4.78, 5) is 11.1. The highest BCUT2D eigenvalue weighted by molar-refractivity contribution is 7.18. The van der Waals surface area contributed by atoms with Crippen molar-refractivity contribution in [3.8, 4) is 16.5 Å². The van der Waals surface area contributed by atoms with Gasteiger partial charge in [-0.25, -0.2) is 4.98 Å². The molecule has 0 bridgehead atoms. The fraction of sp³-hybridized carbons (Fsp3) is 0.368. The molecule has 7 nitrogen and oxygen atoms in total. The van der Waals surface area contributed by atoms with Crippen molar-refractivity contribution in [2.75, 3.05) is 25.5 Å². The normalized spacial score (nSPS) is 15.6. The summed E-state index contributed by atoms with van der Waals surface area (Å²) in [6, 6.07) is 7.75. The van der Waals surface area contributed by atoms with Gasteiger partial charge in [0.1, 0.15) is 23.4 Å². The number of hydrogen-bond acceptors (Lipinski definition) is 8. The van der Waals surface area contributed by atoms with Crippen LogP contribution in [0.5, 0.6) is 5.75 Å². The van der Waals surface area contributed by atoms with E-state index in [0.717, 1.165) is 53.8 Å². The summed E-state index contributed by atoms with van der Waals surface area (Å²) >= 11 is 1.45. The number of rotatable bonds is 5. The molecule has 0 atom stereocenters. The van der Waals surface area contributed by atoms with Gasteiger partial charge in [0.15, 0.2) is 5.01 Å². The highest BCUT2D eigenvalue weighted by Crippen LogP contribution is 2.29. The summed E-state index contributed by atoms with van der Waals surface area (Å²) in [6.07, 6.45) is 5.87. The van der Waals surface area contributed by atoms with Crippen LogP contribution < -0.4 is 10.1 Å². The Balaban J connectivity index is 1.46. The summed E-state index contributed by atoms with van der Waals surface area (Å²) < 4.78 is 6.15. The highest BCUT2D eigenvalue weighted by atomic mass is 32.1. The van der Waals surface area contributed by atoms with Gasteiger partial charge in [0.05, 0.1) is 0 Å². The Kier molecular flexibility index (Phi) is 5.26. The number of likely N-dealkylation sites (tertiary alicyclic amines) is 1. The van der Waals surface area contributed by atoms with Crippen molar-refractivity contribution < 1.29 is 4.74 Å². The standard InChI is InChI=1S/C19H22N6OS/c1-13-4-3-8-21-17(13)22-19-24-23-18(27-19)16-12-15(5-9-20-16)26-14-6-10-25(2)11-7-14/h3-5,8-9,12,14H,6-7,10-11H2,1-2H3,(H,21,22,24). The largest absolute Gasteiger partial charge is 0.490 e. The number of anilines is 2. The van der Waals surface area contributed by atoms with Crippen molar-refractivity contribution >= 4 is 22.3 Å². The molecule has 140 valence electrons. The van der Waals surface area contributed by atoms with E-state index < -0.39 is 0 Å². The second-order valence-corrected chi connectivity index (χ2v) is 7.68. The molecule has 0 aromatic carbocycles. The zero-order valence-corrected chi connectivity index (χ0v) is 16.2. The molecule has 4 rings (SSSR count). The van der Waals surface area contributed by atoms with Gasteiger partial charge in [0.25, 0.3) is 0 Å². The number of nitrogens with one attached hydrogen (secondary N) is 1. The average molecular weight is 382 g/mol. The van der Waals surface area contributed by atoms with Gasteiger partial charge in [-0.2, -0.15) is 0 Å². The predicted octanol–water partition coefficient (Wildman–Crippen LogP) is 3.52. The first-order valence-electron chi connectivity index (χ1n) is 9.01. The van der Waals surface area contributed by atoms with Crippen LogP contribution in [0.4, 0.5) is 10.9 Å². The lowest BCUT2D eigenvalue weighted by atomic mass is 10.1. The zero-order valence-electron chi connectivity index (χ0n) is 15.4. The van der Waals surface area contributed by atoms with Crippen molar-refractivity contribution in [1.29, 1.82) is 0 Å². The topological polar surface area (TPSA) is 76.1 Å². The van der Waals surface area contributed by atoms with Crippen molar-refractivity contribution in [1.82, 2.24) is 25.1 Å². The summed E-state index contributed by atoms with van der Waals surface area (Å²) in [5.74, 6) is 1.62. The number of hydrogen-bond donors (Lipinski definition) is 1. The van der Waals surface area contributed by atoms with Crippen LogP contribution in [0.1, 0.15) is 18.4 Å². The van der Waals surface area contributed by atoms with E-state index in [1.54, 1.807) is 12.4 Å². The van der Waals surface area contributed by atoms with Gasteiger partial charge in [-0.3, -0.25) is 4.98 Å². The summed E-state index contributed by atoms with van der Waals surface area (Å²) in [5.41, 5.74) is 1.82. The fourth-order valence-electron chi connectivity index (χ4n) is 2.99. The molecule has 27 heavy (non-hydrogen) atoms. The molecule has 0 spiro atoms. The minimum Gasteiger partial charge on any atom is -0.490 e. The van der Waals surface area contributed by atoms with Crippen LogP contribution in [0, 0.1) is 6.92 Å². The molecule has 1 fully saturated rings. The smallest absolute Gasteiger partial charge is 0.211 e. The predicted molar refractivity (Wildman–Crippen MR) is 107 cm³/mol. The van der Waals surface area contributed by atoms with Crippen LogP contribution >= 0.6 is 11.3 Å². The second-order valence-electron chi connectivity index (χ2n) is 6.70. The summed E-state index contributed by atoms with van der Waals surface area (Å²) in [6.45, 7) is 4.14. The Labute approximate surface area is 162 Å². The van der Waals surface area contributed by atoms with Gasteiger partial charge in [0, 0.05) is 31.5 Å². The third-order valence-corrected chi connectivity index (χ3v) is 5.44. The molecule has 1 aliphatic rings. The monoisotopic (exact) mass is 382 g/mol. The quantitative estimate of drug-likeness (QED) is 0.723. The third-order valence-electron chi connectivity index (χ3n) is 4.58. The maximum absolute atomic E-state index is 6.15. The molecule has 0 aliphatic carbocycles. The van der Waals surface area contributed by atoms with E-state index >= 15 is 0 Å². The Morgan fingerprint density at radius 3 is 2.81 bits per heavy atom. The molecule has 0 unspecified atom stereocenters. The molecule has 0 amide bonds. The molecule has 1 aliphatic heterocycles. The van der Waals surface area contributed by atoms with Crippen LogP contribution in [-0.2, 0) is 0 Å². The van der Waals surface area contributed by atoms with E-state index in [1.807, 2.05) is 31.2 Å². The van der Waals surface area contributed by atoms with E-state index in [0.29, 0.717) is 5.13 Å². The number of piperidine rings is 1. The fourth-order valence-corrected chi connectivity index (χ4v) is 3.70. The van der Waals surface area contributed by atoms with Gasteiger partial charge in [-0.15, -0.1) is 10.2 Å². The molecule has 1 N–H and O–H groups in total. The van der Waals surface area contributed by atoms with E-state index in [-0.39, 0.29) is 6.10 Å². The molecular formula is C19H22N6OS. The molecule has 4 heterocycles. The lowest BCUT2D eigenvalue weighted by Crippen LogP contribution is -2.35. The van der Waals surface area contributed by atoms with Crippen LogP contribution in [0.25, 0.3) is 10.7 Å². The SMILES string of the molecule is Cc1cccnc1Nc1nnc(-c2cc(OC3CCN(C)CC3)ccn2)s1. The number of aryl methyl sites for hydroxylation is 1. The zero-order chi connectivity index (χ0) is 18.6. The minimum atomic E-state index is 0.259. The molecule has 0 saturated carbocycles. The molecule has 3 aromatic heterocycles. The first-order valence-corrected chi connectivity index (χ1v) is 9.83. The van der Waals surface area contributed by atoms with Crippen molar-refractivity contribution in [3.05, 3.63) is 42.2 Å². The molecule has 8 heteroatoms. The summed E-state index contributed by atoms with van der Waals surface area (Å²) in [7, 11) is 2.15. The molecule has 1 saturated heterocycles. The van der Waals surface area contributed by atoms with E-state index in [9.17, 15) is 0 Å². The maximum atomic E-state index is 6.15.